The van der Waals surface area contributed by atoms with Crippen LogP contribution >= 0.6 is 73.3 Å². The number of nitrogens with one attached hydrogen (secondary N) is 14. The van der Waals surface area contributed by atoms with E-state index in [1.807, 2.05) is 27.7 Å². The Bertz CT molecular complexity index is 2440. The molecule has 0 saturated heterocycles. The Labute approximate surface area is 349 Å². The van der Waals surface area contributed by atoms with Crippen molar-refractivity contribution >= 4 is 85.2 Å². The van der Waals surface area contributed by atoms with E-state index in [1.165, 1.54) is 12.7 Å². The quantitative estimate of drug-likeness (QED) is 0.111. The number of H-pyrrole nitrogens is 14. The van der Waals surface area contributed by atoms with E-state index < -0.39 is 5.97 Å². The van der Waals surface area contributed by atoms with Crippen LogP contribution in [0.2, 0.25) is 0 Å². The zero-order valence-corrected chi connectivity index (χ0v) is 35.1. The van der Waals surface area contributed by atoms with Crippen LogP contribution in [0.4, 0.5) is 5.95 Å². The number of aliphatic hydroxyl groups is 1. The van der Waals surface area contributed by atoms with Gasteiger partial charge in [-0.2, -0.15) is 15.1 Å². The number of aromatic amines is 14. The Hall–Kier alpha value is -6.33. The highest BCUT2D eigenvalue weighted by molar-refractivity contribution is 7.72. The maximum atomic E-state index is 10.1. The van der Waals surface area contributed by atoms with E-state index >= 15 is 0 Å². The highest BCUT2D eigenvalue weighted by Gasteiger charge is 2.03. The lowest BCUT2D eigenvalue weighted by atomic mass is 10.7. The van der Waals surface area contributed by atoms with Gasteiger partial charge in [-0.3, -0.25) is 71.4 Å². The highest BCUT2D eigenvalue weighted by Crippen LogP contribution is 1.87. The van der Waals surface area contributed by atoms with Crippen LogP contribution in [0.15, 0.2) is 12.7 Å². The molecule has 0 amide bonds. The zero-order valence-electron chi connectivity index (χ0n) is 30.2. The number of rotatable bonds is 2. The van der Waals surface area contributed by atoms with E-state index in [0.29, 0.717) is 35.6 Å². The van der Waals surface area contributed by atoms with E-state index in [2.05, 4.69) is 195 Å². The first-order valence-electron chi connectivity index (χ1n) is 15.0. The molecular formula is C23H37N25O3S6. The molecule has 0 aliphatic rings. The van der Waals surface area contributed by atoms with Crippen LogP contribution in [0.25, 0.3) is 0 Å². The number of anilines is 1. The number of carboxylic acid groups (broad SMARTS) is 1. The van der Waals surface area contributed by atoms with E-state index in [9.17, 15) is 4.79 Å². The van der Waals surface area contributed by atoms with Gasteiger partial charge in [0.1, 0.15) is 54.2 Å². The van der Waals surface area contributed by atoms with E-state index in [4.69, 9.17) is 15.9 Å². The molecule has 8 heterocycles. The summed E-state index contributed by atoms with van der Waals surface area (Å²) < 4.78 is 2.55. The molecule has 34 heteroatoms. The molecule has 0 radical (unpaired) electrons. The number of aromatic nitrogens is 24. The third-order valence-electron chi connectivity index (χ3n) is 4.84. The number of hydrogen-bond acceptors (Lipinski definition) is 19. The van der Waals surface area contributed by atoms with Crippen molar-refractivity contribution < 1.29 is 15.0 Å². The predicted molar refractivity (Wildman–Crippen MR) is 216 cm³/mol. The van der Waals surface area contributed by atoms with Gasteiger partial charge >= 0.3 is 5.97 Å². The third kappa shape index (κ3) is 24.6. The zero-order chi connectivity index (χ0) is 42.8. The first kappa shape index (κ1) is 48.7. The average Bonchev–Trinajstić information content (AvgIpc) is 4.00. The van der Waals surface area contributed by atoms with Crippen molar-refractivity contribution in [2.24, 2.45) is 0 Å². The van der Waals surface area contributed by atoms with Crippen LogP contribution in [-0.4, -0.2) is 138 Å². The van der Waals surface area contributed by atoms with Gasteiger partial charge in [0.25, 0.3) is 0 Å². The standard InChI is InChI=1S/C3H6N4.C3H3N3O2S.C3H5N3OS.3C3H5N3S.C3H5N3.C2H3N3S/c1-2-5-3(4)7-6-2;7-2(8)1-4-3(9)6-5-1;7-1-2-4-3(8)6-5-2;3*1-2-4-3(7)6-5-2;1-3-4-2-5-6-3;6-2-3-1-4-5-2/h1H3,(H3,4,5,6,7);(H,7,8)(H2,4,5,6,9);7H,1H2,(H2,4,5,6,8);3*1H3,(H2,4,5,6,7);2H,1H3,(H,4,5,6);1H,(H2,3,4,5,6). The Morgan fingerprint density at radius 3 is 1.21 bits per heavy atom. The van der Waals surface area contributed by atoms with Gasteiger partial charge in [0.2, 0.25) is 40.4 Å². The van der Waals surface area contributed by atoms with Crippen molar-refractivity contribution in [3.63, 3.8) is 0 Å². The molecule has 0 saturated carbocycles. The summed E-state index contributed by atoms with van der Waals surface area (Å²) in [7, 11) is 0. The van der Waals surface area contributed by atoms with E-state index in [1.54, 1.807) is 6.92 Å². The number of aliphatic hydroxyl groups excluding tert-OH is 1. The fourth-order valence-corrected chi connectivity index (χ4v) is 3.63. The van der Waals surface area contributed by atoms with Crippen LogP contribution in [0.3, 0.4) is 0 Å². The number of carboxylic acids is 1. The molecule has 8 aromatic heterocycles. The second kappa shape index (κ2) is 27.3. The summed E-state index contributed by atoms with van der Waals surface area (Å²) in [5, 5.41) is 60.0. The summed E-state index contributed by atoms with van der Waals surface area (Å²) in [5.74, 6) is 3.56. The maximum absolute atomic E-state index is 10.1. The van der Waals surface area contributed by atoms with Crippen LogP contribution in [-0.2, 0) is 6.61 Å². The molecule has 57 heavy (non-hydrogen) atoms. The first-order chi connectivity index (χ1) is 27.0. The summed E-state index contributed by atoms with van der Waals surface area (Å²) >= 11 is 27.5. The third-order valence-corrected chi connectivity index (χ3v) is 6.01. The van der Waals surface area contributed by atoms with Gasteiger partial charge in [-0.1, -0.05) is 0 Å². The van der Waals surface area contributed by atoms with Crippen molar-refractivity contribution in [3.05, 3.63) is 82.1 Å². The molecular weight excluding hydrogens is 867 g/mol. The molecule has 8 rings (SSSR count). The van der Waals surface area contributed by atoms with Crippen molar-refractivity contribution in [1.29, 1.82) is 0 Å². The molecule has 0 bridgehead atoms. The van der Waals surface area contributed by atoms with Crippen LogP contribution in [0.1, 0.15) is 45.6 Å². The highest BCUT2D eigenvalue weighted by atomic mass is 32.1. The Morgan fingerprint density at radius 2 is 1.07 bits per heavy atom. The Kier molecular flexibility index (Phi) is 23.3. The summed E-state index contributed by atoms with van der Waals surface area (Å²) in [5.41, 5.74) is 5.13. The lowest BCUT2D eigenvalue weighted by molar-refractivity contribution is 0.0684. The summed E-state index contributed by atoms with van der Waals surface area (Å²) in [6, 6.07) is 0. The SMILES string of the molecule is Cc1nc(=S)[nH][nH]1.Cc1nc(=S)[nH][nH]1.Cc1nc(=S)[nH][nH]1.Cc1nc(N)n[nH]1.Cc1ncn[nH]1.O=C(O)c1nc(=S)[nH][nH]1.OCc1nc(=S)[nH][nH]1.S=c1nc[nH][nH]1. The normalized spacial score (nSPS) is 9.23. The first-order valence-corrected chi connectivity index (χ1v) is 17.4. The molecule has 0 atom stereocenters. The molecule has 18 N–H and O–H groups in total. The second-order valence-electron chi connectivity index (χ2n) is 9.53. The number of aromatic carboxylic acids is 1. The summed E-state index contributed by atoms with van der Waals surface area (Å²) in [4.78, 5) is 39.7. The fraction of sp³-hybridized carbons (Fsp3) is 0.261. The minimum Gasteiger partial charge on any atom is -0.475 e. The fourth-order valence-electron chi connectivity index (χ4n) is 2.65. The number of aryl methyl sites for hydroxylation is 5. The van der Waals surface area contributed by atoms with Gasteiger partial charge in [0, 0.05) is 0 Å². The van der Waals surface area contributed by atoms with Crippen molar-refractivity contribution in [1.82, 2.24) is 121 Å². The molecule has 0 spiro atoms. The molecule has 0 aliphatic heterocycles. The molecule has 28 nitrogen and oxygen atoms in total. The van der Waals surface area contributed by atoms with Gasteiger partial charge in [0.05, 0.1) is 0 Å². The number of nitrogen functional groups attached to an aromatic ring is 1. The van der Waals surface area contributed by atoms with Gasteiger partial charge in [-0.15, -0.1) is 5.10 Å². The largest absolute Gasteiger partial charge is 0.475 e. The maximum Gasteiger partial charge on any atom is 0.373 e. The predicted octanol–water partition coefficient (Wildman–Crippen LogP) is 2.73. The minimum atomic E-state index is -1.12. The van der Waals surface area contributed by atoms with Crippen LogP contribution in [0.5, 0.6) is 0 Å². The molecule has 0 fully saturated rings. The van der Waals surface area contributed by atoms with Gasteiger partial charge < -0.3 is 15.9 Å². The lowest BCUT2D eigenvalue weighted by Gasteiger charge is -1.78. The van der Waals surface area contributed by atoms with Gasteiger partial charge in [0.15, 0.2) is 0 Å². The molecule has 0 unspecified atom stereocenters. The number of hydrogen-bond donors (Lipinski definition) is 17. The topological polar surface area (TPSA) is 434 Å². The smallest absolute Gasteiger partial charge is 0.373 e. The minimum absolute atomic E-state index is 0.104. The molecule has 8 aromatic rings. The lowest BCUT2D eigenvalue weighted by Crippen LogP contribution is -1.98. The van der Waals surface area contributed by atoms with Gasteiger partial charge in [-0.05, 0) is 108 Å². The van der Waals surface area contributed by atoms with E-state index in [-0.39, 0.29) is 17.2 Å². The van der Waals surface area contributed by atoms with Gasteiger partial charge in [-0.25, -0.2) is 34.7 Å². The monoisotopic (exact) mass is 903 g/mol. The molecule has 0 aromatic carbocycles. The Balaban J connectivity index is 0.000000327. The molecule has 308 valence electrons. The van der Waals surface area contributed by atoms with Crippen molar-refractivity contribution in [3.8, 4) is 0 Å². The van der Waals surface area contributed by atoms with Crippen LogP contribution < -0.4 is 5.73 Å². The summed E-state index contributed by atoms with van der Waals surface area (Å²) in [6.45, 7) is 9.06. The van der Waals surface area contributed by atoms with Crippen LogP contribution in [0, 0.1) is 63.2 Å². The Morgan fingerprint density at radius 1 is 0.579 bits per heavy atom. The number of carbonyl (C=O) groups is 1. The number of nitrogens with two attached hydrogens (primary N) is 1. The van der Waals surface area contributed by atoms with Crippen molar-refractivity contribution in [2.45, 2.75) is 41.2 Å². The summed E-state index contributed by atoms with van der Waals surface area (Å²) in [6.07, 6.45) is 2.98. The van der Waals surface area contributed by atoms with Crippen molar-refractivity contribution in [2.75, 3.05) is 5.73 Å². The molecule has 0 aliphatic carbocycles. The second-order valence-corrected chi connectivity index (χ2v) is 11.9. The van der Waals surface area contributed by atoms with E-state index in [0.717, 1.165) is 29.1 Å². The number of nitrogens with zero attached hydrogens (tertiary/aromatic N) is 10. The average molecular weight is 904 g/mol.